The van der Waals surface area contributed by atoms with Gasteiger partial charge in [0.15, 0.2) is 6.61 Å². The normalized spacial score (nSPS) is 11.0. The Morgan fingerprint density at radius 2 is 2.04 bits per heavy atom. The van der Waals surface area contributed by atoms with E-state index in [9.17, 15) is 4.79 Å². The van der Waals surface area contributed by atoms with Crippen molar-refractivity contribution < 1.29 is 9.53 Å². The van der Waals surface area contributed by atoms with Crippen LogP contribution in [0.3, 0.4) is 0 Å². The van der Waals surface area contributed by atoms with Crippen molar-refractivity contribution in [2.75, 3.05) is 6.61 Å². The highest BCUT2D eigenvalue weighted by Crippen LogP contribution is 2.24. The van der Waals surface area contributed by atoms with E-state index in [4.69, 9.17) is 4.74 Å². The van der Waals surface area contributed by atoms with Gasteiger partial charge in [0.25, 0.3) is 5.91 Å². The first-order chi connectivity index (χ1) is 11.2. The Labute approximate surface area is 138 Å². The Bertz CT molecular complexity index is 850. The van der Waals surface area contributed by atoms with Gasteiger partial charge < -0.3 is 4.74 Å². The van der Waals surface area contributed by atoms with Crippen LogP contribution in [0.5, 0.6) is 5.75 Å². The maximum Gasteiger partial charge on any atom is 0.277 e. The van der Waals surface area contributed by atoms with Gasteiger partial charge in [-0.25, -0.2) is 5.43 Å². The SMILES string of the molecule is Cc1ccsc1/C=N/NC(=O)COc1cccc2ccccc12. The standard InChI is InChI=1S/C18H16N2O2S/c1-13-9-10-23-17(13)11-19-20-18(21)12-22-16-8-4-6-14-5-2-3-7-15(14)16/h2-11H,12H2,1H3,(H,20,21)/b19-11+. The summed E-state index contributed by atoms with van der Waals surface area (Å²) in [6.45, 7) is 1.93. The second-order valence-corrected chi connectivity index (χ2v) is 5.97. The van der Waals surface area contributed by atoms with Crippen molar-refractivity contribution in [2.24, 2.45) is 5.10 Å². The number of carbonyl (C=O) groups is 1. The minimum atomic E-state index is -0.289. The van der Waals surface area contributed by atoms with Crippen molar-refractivity contribution in [3.05, 3.63) is 64.4 Å². The molecule has 0 aliphatic heterocycles. The predicted octanol–water partition coefficient (Wildman–Crippen LogP) is 3.74. The van der Waals surface area contributed by atoms with E-state index in [1.807, 2.05) is 60.8 Å². The number of benzene rings is 2. The summed E-state index contributed by atoms with van der Waals surface area (Å²) < 4.78 is 5.61. The largest absolute Gasteiger partial charge is 0.483 e. The molecule has 0 fully saturated rings. The molecule has 5 heteroatoms. The van der Waals surface area contributed by atoms with Gasteiger partial charge in [-0.15, -0.1) is 11.3 Å². The summed E-state index contributed by atoms with van der Waals surface area (Å²) in [5, 5.41) is 8.01. The number of hydrazone groups is 1. The first-order valence-corrected chi connectivity index (χ1v) is 8.08. The van der Waals surface area contributed by atoms with Gasteiger partial charge in [0, 0.05) is 10.3 Å². The molecule has 1 N–H and O–H groups in total. The van der Waals surface area contributed by atoms with Crippen molar-refractivity contribution in [3.8, 4) is 5.75 Å². The molecule has 0 unspecified atom stereocenters. The lowest BCUT2D eigenvalue weighted by Gasteiger charge is -2.08. The number of hydrogen-bond donors (Lipinski definition) is 1. The van der Waals surface area contributed by atoms with E-state index in [0.29, 0.717) is 5.75 Å². The third-order valence-electron chi connectivity index (χ3n) is 3.38. The number of aryl methyl sites for hydroxylation is 1. The molecule has 0 radical (unpaired) electrons. The molecule has 3 aromatic rings. The maximum absolute atomic E-state index is 11.8. The van der Waals surface area contributed by atoms with Gasteiger partial charge in [0.2, 0.25) is 0 Å². The molecular formula is C18H16N2O2S. The third-order valence-corrected chi connectivity index (χ3v) is 4.33. The Hall–Kier alpha value is -2.66. The van der Waals surface area contributed by atoms with Gasteiger partial charge in [-0.05, 0) is 35.4 Å². The molecule has 2 aromatic carbocycles. The van der Waals surface area contributed by atoms with Crippen molar-refractivity contribution in [1.29, 1.82) is 0 Å². The second kappa shape index (κ2) is 7.07. The van der Waals surface area contributed by atoms with Crippen LogP contribution in [0, 0.1) is 6.92 Å². The minimum Gasteiger partial charge on any atom is -0.483 e. The van der Waals surface area contributed by atoms with E-state index in [-0.39, 0.29) is 12.5 Å². The summed E-state index contributed by atoms with van der Waals surface area (Å²) in [6, 6.07) is 15.7. The molecule has 4 nitrogen and oxygen atoms in total. The molecule has 0 atom stereocenters. The smallest absolute Gasteiger partial charge is 0.277 e. The zero-order chi connectivity index (χ0) is 16.1. The first kappa shape index (κ1) is 15.2. The topological polar surface area (TPSA) is 50.7 Å². The molecule has 0 bridgehead atoms. The van der Waals surface area contributed by atoms with Crippen LogP contribution in [0.15, 0.2) is 59.0 Å². The van der Waals surface area contributed by atoms with Crippen LogP contribution in [0.2, 0.25) is 0 Å². The molecule has 0 saturated heterocycles. The van der Waals surface area contributed by atoms with Gasteiger partial charge >= 0.3 is 0 Å². The fraction of sp³-hybridized carbons (Fsp3) is 0.111. The van der Waals surface area contributed by atoms with E-state index in [1.165, 1.54) is 0 Å². The summed E-state index contributed by atoms with van der Waals surface area (Å²) in [4.78, 5) is 12.8. The fourth-order valence-electron chi connectivity index (χ4n) is 2.18. The Morgan fingerprint density at radius 1 is 1.22 bits per heavy atom. The van der Waals surface area contributed by atoms with Crippen molar-refractivity contribution in [1.82, 2.24) is 5.43 Å². The molecule has 3 rings (SSSR count). The number of fused-ring (bicyclic) bond motifs is 1. The van der Waals surface area contributed by atoms with Crippen LogP contribution in [-0.4, -0.2) is 18.7 Å². The highest BCUT2D eigenvalue weighted by atomic mass is 32.1. The fourth-order valence-corrected chi connectivity index (χ4v) is 2.96. The van der Waals surface area contributed by atoms with E-state index < -0.39 is 0 Å². The van der Waals surface area contributed by atoms with Crippen LogP contribution in [0.1, 0.15) is 10.4 Å². The zero-order valence-corrected chi connectivity index (χ0v) is 13.5. The van der Waals surface area contributed by atoms with E-state index >= 15 is 0 Å². The van der Waals surface area contributed by atoms with Crippen LogP contribution < -0.4 is 10.2 Å². The summed E-state index contributed by atoms with van der Waals surface area (Å²) in [7, 11) is 0. The number of amides is 1. The lowest BCUT2D eigenvalue weighted by Crippen LogP contribution is -2.24. The van der Waals surface area contributed by atoms with E-state index in [2.05, 4.69) is 10.5 Å². The average Bonchev–Trinajstić information content (AvgIpc) is 2.98. The zero-order valence-electron chi connectivity index (χ0n) is 12.7. The van der Waals surface area contributed by atoms with Crippen molar-refractivity contribution in [2.45, 2.75) is 6.92 Å². The number of carbonyl (C=O) groups excluding carboxylic acids is 1. The lowest BCUT2D eigenvalue weighted by atomic mass is 10.1. The van der Waals surface area contributed by atoms with Crippen LogP contribution in [0.25, 0.3) is 10.8 Å². The van der Waals surface area contributed by atoms with Gasteiger partial charge in [0.05, 0.1) is 6.21 Å². The molecule has 23 heavy (non-hydrogen) atoms. The van der Waals surface area contributed by atoms with Crippen LogP contribution in [0.4, 0.5) is 0 Å². The van der Waals surface area contributed by atoms with Crippen molar-refractivity contribution >= 4 is 34.2 Å². The summed E-state index contributed by atoms with van der Waals surface area (Å²) in [6.07, 6.45) is 1.65. The molecule has 1 amide bonds. The monoisotopic (exact) mass is 324 g/mol. The highest BCUT2D eigenvalue weighted by Gasteiger charge is 2.05. The Morgan fingerprint density at radius 3 is 2.87 bits per heavy atom. The van der Waals surface area contributed by atoms with E-state index in [1.54, 1.807) is 17.6 Å². The lowest BCUT2D eigenvalue weighted by molar-refractivity contribution is -0.123. The maximum atomic E-state index is 11.8. The Kier molecular flexibility index (Phi) is 4.68. The molecule has 0 spiro atoms. The number of hydrogen-bond acceptors (Lipinski definition) is 4. The number of nitrogens with one attached hydrogen (secondary N) is 1. The van der Waals surface area contributed by atoms with Crippen LogP contribution >= 0.6 is 11.3 Å². The number of thiophene rings is 1. The second-order valence-electron chi connectivity index (χ2n) is 5.03. The molecule has 0 aliphatic rings. The van der Waals surface area contributed by atoms with Gasteiger partial charge in [-0.3, -0.25) is 4.79 Å². The first-order valence-electron chi connectivity index (χ1n) is 7.20. The van der Waals surface area contributed by atoms with Gasteiger partial charge in [-0.2, -0.15) is 5.10 Å². The highest BCUT2D eigenvalue weighted by molar-refractivity contribution is 7.11. The van der Waals surface area contributed by atoms with Gasteiger partial charge in [0.1, 0.15) is 5.75 Å². The molecule has 0 saturated carbocycles. The predicted molar refractivity (Wildman–Crippen MR) is 94.2 cm³/mol. The van der Waals surface area contributed by atoms with Crippen molar-refractivity contribution in [3.63, 3.8) is 0 Å². The number of ether oxygens (including phenoxy) is 1. The molecule has 0 aliphatic carbocycles. The van der Waals surface area contributed by atoms with E-state index in [0.717, 1.165) is 21.2 Å². The molecule has 116 valence electrons. The average molecular weight is 324 g/mol. The minimum absolute atomic E-state index is 0.0746. The molecule has 1 heterocycles. The summed E-state index contributed by atoms with van der Waals surface area (Å²) >= 11 is 1.58. The quantitative estimate of drug-likeness (QED) is 0.574. The molecule has 1 aromatic heterocycles. The summed E-state index contributed by atoms with van der Waals surface area (Å²) in [5.74, 6) is 0.403. The van der Waals surface area contributed by atoms with Gasteiger partial charge in [-0.1, -0.05) is 36.4 Å². The third kappa shape index (κ3) is 3.76. The van der Waals surface area contributed by atoms with Crippen LogP contribution in [-0.2, 0) is 4.79 Å². The molecular weight excluding hydrogens is 308 g/mol. The summed E-state index contributed by atoms with van der Waals surface area (Å²) in [5.41, 5.74) is 3.62. The number of rotatable bonds is 5. The number of nitrogens with zero attached hydrogens (tertiary/aromatic N) is 1. The Balaban J connectivity index is 1.58.